The van der Waals surface area contributed by atoms with Gasteiger partial charge in [-0.15, -0.1) is 0 Å². The number of methoxy groups -OCH3 is 1. The number of carbonyl (C=O) groups excluding carboxylic acids is 3. The van der Waals surface area contributed by atoms with E-state index in [1.54, 1.807) is 16.4 Å². The third-order valence-electron chi connectivity index (χ3n) is 7.19. The van der Waals surface area contributed by atoms with E-state index < -0.39 is 17.4 Å². The SMILES string of the molecule is CCc1ccc(CN2C(=O)c3c(C(=O)OC)ncn3C[C@@]2(C)C(=O)NC2CCCCCC2)cc1. The van der Waals surface area contributed by atoms with Crippen molar-refractivity contribution in [3.8, 4) is 0 Å². The average molecular weight is 467 g/mol. The maximum atomic E-state index is 13.8. The van der Waals surface area contributed by atoms with E-state index in [0.29, 0.717) is 0 Å². The van der Waals surface area contributed by atoms with E-state index in [9.17, 15) is 14.4 Å². The summed E-state index contributed by atoms with van der Waals surface area (Å²) < 4.78 is 6.44. The van der Waals surface area contributed by atoms with Crippen molar-refractivity contribution in [1.82, 2.24) is 19.8 Å². The van der Waals surface area contributed by atoms with Crippen molar-refractivity contribution in [2.75, 3.05) is 7.11 Å². The minimum Gasteiger partial charge on any atom is -0.464 e. The van der Waals surface area contributed by atoms with E-state index in [0.717, 1.165) is 37.7 Å². The molecule has 8 nitrogen and oxygen atoms in total. The largest absolute Gasteiger partial charge is 0.464 e. The van der Waals surface area contributed by atoms with Gasteiger partial charge >= 0.3 is 5.97 Å². The standard InChI is InChI=1S/C26H34N4O4/c1-4-18-11-13-19(14-12-18)15-30-23(31)22-21(24(32)34-3)27-17-29(22)16-26(30,2)25(33)28-20-9-7-5-6-8-10-20/h11-14,17,20H,4-10,15-16H2,1-3H3,(H,28,33)/t26-/m0/s1. The van der Waals surface area contributed by atoms with Crippen molar-refractivity contribution < 1.29 is 19.1 Å². The smallest absolute Gasteiger partial charge is 0.359 e. The molecule has 1 N–H and O–H groups in total. The summed E-state index contributed by atoms with van der Waals surface area (Å²) in [5, 5.41) is 3.24. The number of aromatic nitrogens is 2. The predicted octanol–water partition coefficient (Wildman–Crippen LogP) is 3.49. The number of aryl methyl sites for hydroxylation is 1. The van der Waals surface area contributed by atoms with Crippen LogP contribution in [-0.4, -0.2) is 50.9 Å². The molecule has 1 atom stereocenters. The van der Waals surface area contributed by atoms with Crippen LogP contribution in [0.25, 0.3) is 0 Å². The van der Waals surface area contributed by atoms with Crippen molar-refractivity contribution in [3.63, 3.8) is 0 Å². The van der Waals surface area contributed by atoms with Gasteiger partial charge in [-0.1, -0.05) is 56.9 Å². The first-order valence-electron chi connectivity index (χ1n) is 12.2. The Hall–Kier alpha value is -3.16. The number of nitrogens with zero attached hydrogens (tertiary/aromatic N) is 3. The van der Waals surface area contributed by atoms with E-state index in [4.69, 9.17) is 4.74 Å². The average Bonchev–Trinajstić information content (AvgIpc) is 3.09. The van der Waals surface area contributed by atoms with Crippen molar-refractivity contribution in [2.24, 2.45) is 0 Å². The lowest BCUT2D eigenvalue weighted by molar-refractivity contribution is -0.134. The van der Waals surface area contributed by atoms with E-state index in [-0.39, 0.29) is 36.4 Å². The summed E-state index contributed by atoms with van der Waals surface area (Å²) in [5.41, 5.74) is 1.13. The van der Waals surface area contributed by atoms with Crippen LogP contribution in [0.2, 0.25) is 0 Å². The van der Waals surface area contributed by atoms with Crippen LogP contribution in [0.3, 0.4) is 0 Å². The van der Waals surface area contributed by atoms with Crippen LogP contribution in [0, 0.1) is 0 Å². The number of benzene rings is 1. The fourth-order valence-corrected chi connectivity index (χ4v) is 5.01. The van der Waals surface area contributed by atoms with E-state index in [1.165, 1.54) is 31.8 Å². The number of rotatable bonds is 6. The molecule has 4 rings (SSSR count). The van der Waals surface area contributed by atoms with Crippen molar-refractivity contribution in [1.29, 1.82) is 0 Å². The zero-order chi connectivity index (χ0) is 24.3. The lowest BCUT2D eigenvalue weighted by atomic mass is 9.92. The zero-order valence-corrected chi connectivity index (χ0v) is 20.3. The fraction of sp³-hybridized carbons (Fsp3) is 0.538. The number of hydrogen-bond donors (Lipinski definition) is 1. The summed E-state index contributed by atoms with van der Waals surface area (Å²) in [6.45, 7) is 4.36. The highest BCUT2D eigenvalue weighted by atomic mass is 16.5. The summed E-state index contributed by atoms with van der Waals surface area (Å²) in [7, 11) is 1.26. The van der Waals surface area contributed by atoms with Crippen LogP contribution in [0.4, 0.5) is 0 Å². The van der Waals surface area contributed by atoms with Crippen LogP contribution in [0.1, 0.15) is 84.5 Å². The van der Waals surface area contributed by atoms with Gasteiger partial charge in [-0.3, -0.25) is 9.59 Å². The van der Waals surface area contributed by atoms with Gasteiger partial charge in [0.1, 0.15) is 11.2 Å². The van der Waals surface area contributed by atoms with Crippen molar-refractivity contribution >= 4 is 17.8 Å². The Bertz CT molecular complexity index is 1050. The summed E-state index contributed by atoms with van der Waals surface area (Å²) in [6.07, 6.45) is 8.86. The van der Waals surface area contributed by atoms with E-state index in [1.807, 2.05) is 24.3 Å². The summed E-state index contributed by atoms with van der Waals surface area (Å²) in [6, 6.07) is 8.17. The molecule has 2 heterocycles. The first kappa shape index (κ1) is 24.0. The molecule has 1 aromatic heterocycles. The summed E-state index contributed by atoms with van der Waals surface area (Å²) >= 11 is 0. The van der Waals surface area contributed by atoms with Gasteiger partial charge in [-0.2, -0.15) is 0 Å². The maximum Gasteiger partial charge on any atom is 0.359 e. The number of ether oxygens (including phenoxy) is 1. The monoisotopic (exact) mass is 466 g/mol. The molecular weight excluding hydrogens is 432 g/mol. The highest BCUT2D eigenvalue weighted by Gasteiger charge is 2.49. The fourth-order valence-electron chi connectivity index (χ4n) is 5.01. The van der Waals surface area contributed by atoms with Crippen LogP contribution in [-0.2, 0) is 29.0 Å². The number of fused-ring (bicyclic) bond motifs is 1. The van der Waals surface area contributed by atoms with Gasteiger partial charge in [0.2, 0.25) is 5.91 Å². The minimum absolute atomic E-state index is 0.0231. The molecule has 1 aliphatic carbocycles. The molecule has 0 bridgehead atoms. The molecule has 2 aliphatic rings. The molecule has 1 aromatic carbocycles. The molecule has 2 amide bonds. The lowest BCUT2D eigenvalue weighted by Crippen LogP contribution is -2.64. The number of carbonyl (C=O) groups is 3. The molecular formula is C26H34N4O4. The van der Waals surface area contributed by atoms with Gasteiger partial charge in [-0.05, 0) is 37.3 Å². The van der Waals surface area contributed by atoms with Crippen molar-refractivity contribution in [2.45, 2.75) is 83.5 Å². The molecule has 1 saturated carbocycles. The van der Waals surface area contributed by atoms with Gasteiger partial charge in [0.05, 0.1) is 20.0 Å². The van der Waals surface area contributed by atoms with Crippen LogP contribution >= 0.6 is 0 Å². The quantitative estimate of drug-likeness (QED) is 0.520. The third-order valence-corrected chi connectivity index (χ3v) is 7.19. The molecule has 2 aromatic rings. The number of esters is 1. The second-order valence-electron chi connectivity index (χ2n) is 9.56. The second kappa shape index (κ2) is 9.99. The molecule has 0 unspecified atom stereocenters. The highest BCUT2D eigenvalue weighted by Crippen LogP contribution is 2.31. The lowest BCUT2D eigenvalue weighted by Gasteiger charge is -2.44. The molecule has 182 valence electrons. The first-order chi connectivity index (χ1) is 16.4. The normalized spacial score (nSPS) is 21.0. The van der Waals surface area contributed by atoms with Gasteiger partial charge in [0.25, 0.3) is 5.91 Å². The molecule has 1 fully saturated rings. The molecule has 34 heavy (non-hydrogen) atoms. The molecule has 8 heteroatoms. The van der Waals surface area contributed by atoms with Gasteiger partial charge in [-0.25, -0.2) is 9.78 Å². The van der Waals surface area contributed by atoms with Gasteiger partial charge < -0.3 is 19.5 Å². The Balaban J connectivity index is 1.69. The van der Waals surface area contributed by atoms with E-state index in [2.05, 4.69) is 17.2 Å². The van der Waals surface area contributed by atoms with Crippen molar-refractivity contribution in [3.05, 3.63) is 53.1 Å². The maximum absolute atomic E-state index is 13.8. The first-order valence-corrected chi connectivity index (χ1v) is 12.2. The number of nitrogens with one attached hydrogen (secondary N) is 1. The Labute approximate surface area is 200 Å². The molecule has 0 spiro atoms. The molecule has 1 aliphatic heterocycles. The Morgan fingerprint density at radius 2 is 1.76 bits per heavy atom. The Kier molecular flexibility index (Phi) is 7.05. The van der Waals surface area contributed by atoms with Crippen LogP contribution < -0.4 is 5.32 Å². The zero-order valence-electron chi connectivity index (χ0n) is 20.3. The Morgan fingerprint density at radius 3 is 2.38 bits per heavy atom. The van der Waals surface area contributed by atoms with E-state index >= 15 is 0 Å². The number of amides is 2. The second-order valence-corrected chi connectivity index (χ2v) is 9.56. The number of imidazole rings is 1. The van der Waals surface area contributed by atoms with Crippen LogP contribution in [0.15, 0.2) is 30.6 Å². The highest BCUT2D eigenvalue weighted by molar-refractivity contribution is 6.06. The third kappa shape index (κ3) is 4.58. The molecule has 0 saturated heterocycles. The summed E-state index contributed by atoms with van der Waals surface area (Å²) in [5.74, 6) is -1.24. The van der Waals surface area contributed by atoms with Crippen LogP contribution in [0.5, 0.6) is 0 Å². The molecule has 0 radical (unpaired) electrons. The minimum atomic E-state index is -1.13. The topological polar surface area (TPSA) is 93.5 Å². The van der Waals surface area contributed by atoms with Gasteiger partial charge in [0.15, 0.2) is 5.69 Å². The van der Waals surface area contributed by atoms with Gasteiger partial charge in [0, 0.05) is 12.6 Å². The number of hydrogen-bond acceptors (Lipinski definition) is 5. The Morgan fingerprint density at radius 1 is 1.12 bits per heavy atom. The predicted molar refractivity (Wildman–Crippen MR) is 127 cm³/mol. The summed E-state index contributed by atoms with van der Waals surface area (Å²) in [4.78, 5) is 45.5.